The van der Waals surface area contributed by atoms with Crippen LogP contribution in [0.25, 0.3) is 0 Å². The highest BCUT2D eigenvalue weighted by Crippen LogP contribution is 2.21. The molecule has 0 aliphatic carbocycles. The van der Waals surface area contributed by atoms with Crippen molar-refractivity contribution in [2.24, 2.45) is 11.1 Å². The number of anilines is 1. The molecule has 110 valence electrons. The van der Waals surface area contributed by atoms with Crippen molar-refractivity contribution in [3.05, 3.63) is 24.4 Å². The van der Waals surface area contributed by atoms with Crippen LogP contribution in [-0.4, -0.2) is 47.6 Å². The summed E-state index contributed by atoms with van der Waals surface area (Å²) in [4.78, 5) is 9.85. The van der Waals surface area contributed by atoms with Gasteiger partial charge in [0.05, 0.1) is 4.99 Å². The Morgan fingerprint density at radius 1 is 1.30 bits per heavy atom. The van der Waals surface area contributed by atoms with E-state index in [9.17, 15) is 0 Å². The fourth-order valence-electron chi connectivity index (χ4n) is 2.30. The van der Waals surface area contributed by atoms with E-state index in [1.165, 1.54) is 0 Å². The maximum atomic E-state index is 5.78. The summed E-state index contributed by atoms with van der Waals surface area (Å²) < 4.78 is 0. The minimum atomic E-state index is -0.0482. The number of thiocarbonyl (C=S) groups is 1. The first-order valence-electron chi connectivity index (χ1n) is 7.17. The first-order valence-corrected chi connectivity index (χ1v) is 7.58. The summed E-state index contributed by atoms with van der Waals surface area (Å²) in [5.41, 5.74) is 5.73. The summed E-state index contributed by atoms with van der Waals surface area (Å²) in [6.45, 7) is 9.52. The van der Waals surface area contributed by atoms with Gasteiger partial charge in [0.2, 0.25) is 0 Å². The molecule has 0 amide bonds. The highest BCUT2D eigenvalue weighted by atomic mass is 32.1. The minimum Gasteiger partial charge on any atom is -0.393 e. The molecule has 0 bridgehead atoms. The quantitative estimate of drug-likeness (QED) is 0.840. The maximum absolute atomic E-state index is 5.78. The monoisotopic (exact) mass is 292 g/mol. The number of aromatic nitrogens is 1. The molecule has 0 saturated carbocycles. The Balaban J connectivity index is 1.79. The first-order chi connectivity index (χ1) is 9.49. The van der Waals surface area contributed by atoms with Gasteiger partial charge in [0.15, 0.2) is 0 Å². The lowest BCUT2D eigenvalue weighted by Gasteiger charge is -2.36. The Morgan fingerprint density at radius 3 is 2.55 bits per heavy atom. The van der Waals surface area contributed by atoms with Crippen molar-refractivity contribution in [1.29, 1.82) is 0 Å². The van der Waals surface area contributed by atoms with Gasteiger partial charge in [-0.05, 0) is 25.1 Å². The molecule has 0 unspecified atom stereocenters. The Bertz CT molecular complexity index is 438. The van der Waals surface area contributed by atoms with Gasteiger partial charge in [-0.1, -0.05) is 32.1 Å². The lowest BCUT2D eigenvalue weighted by Crippen LogP contribution is -2.48. The van der Waals surface area contributed by atoms with Gasteiger partial charge in [-0.2, -0.15) is 0 Å². The average Bonchev–Trinajstić information content (AvgIpc) is 2.46. The lowest BCUT2D eigenvalue weighted by atomic mass is 9.89. The molecule has 4 nitrogen and oxygen atoms in total. The van der Waals surface area contributed by atoms with E-state index >= 15 is 0 Å². The van der Waals surface area contributed by atoms with Crippen LogP contribution in [-0.2, 0) is 0 Å². The van der Waals surface area contributed by atoms with Crippen molar-refractivity contribution in [3.63, 3.8) is 0 Å². The molecule has 1 aliphatic rings. The molecular weight excluding hydrogens is 268 g/mol. The van der Waals surface area contributed by atoms with Crippen molar-refractivity contribution in [1.82, 2.24) is 9.88 Å². The van der Waals surface area contributed by atoms with Crippen LogP contribution in [0.2, 0.25) is 0 Å². The zero-order valence-corrected chi connectivity index (χ0v) is 13.2. The molecular formula is C15H24N4S. The van der Waals surface area contributed by atoms with E-state index in [0.717, 1.165) is 45.0 Å². The molecule has 5 heteroatoms. The van der Waals surface area contributed by atoms with Gasteiger partial charge in [-0.25, -0.2) is 4.98 Å². The number of nitrogens with two attached hydrogens (primary N) is 1. The summed E-state index contributed by atoms with van der Waals surface area (Å²) in [5, 5.41) is 0. The predicted octanol–water partition coefficient (Wildman–Crippen LogP) is 1.91. The average molecular weight is 292 g/mol. The number of nitrogens with zero attached hydrogens (tertiary/aromatic N) is 3. The second kappa shape index (κ2) is 6.50. The smallest absolute Gasteiger partial charge is 0.128 e. The predicted molar refractivity (Wildman–Crippen MR) is 88.1 cm³/mol. The van der Waals surface area contributed by atoms with Crippen molar-refractivity contribution in [2.75, 3.05) is 37.6 Å². The van der Waals surface area contributed by atoms with Crippen molar-refractivity contribution >= 4 is 23.0 Å². The molecule has 2 N–H and O–H groups in total. The topological polar surface area (TPSA) is 45.4 Å². The third-order valence-corrected chi connectivity index (χ3v) is 4.62. The highest BCUT2D eigenvalue weighted by Gasteiger charge is 2.24. The second-order valence-electron chi connectivity index (χ2n) is 6.01. The second-order valence-corrected chi connectivity index (χ2v) is 6.45. The van der Waals surface area contributed by atoms with Gasteiger partial charge in [0.25, 0.3) is 0 Å². The number of rotatable bonds is 5. The maximum Gasteiger partial charge on any atom is 0.128 e. The summed E-state index contributed by atoms with van der Waals surface area (Å²) >= 11 is 5.12. The van der Waals surface area contributed by atoms with Crippen LogP contribution in [0.3, 0.4) is 0 Å². The summed E-state index contributed by atoms with van der Waals surface area (Å²) in [6.07, 6.45) is 2.87. The van der Waals surface area contributed by atoms with E-state index in [1.807, 2.05) is 18.3 Å². The van der Waals surface area contributed by atoms with Gasteiger partial charge in [0, 0.05) is 37.8 Å². The number of piperazine rings is 1. The van der Waals surface area contributed by atoms with Gasteiger partial charge in [-0.3, -0.25) is 4.90 Å². The van der Waals surface area contributed by atoms with Crippen molar-refractivity contribution in [3.8, 4) is 0 Å². The van der Waals surface area contributed by atoms with E-state index < -0.39 is 0 Å². The normalized spacial score (nSPS) is 17.2. The van der Waals surface area contributed by atoms with Crippen LogP contribution in [0.5, 0.6) is 0 Å². The van der Waals surface area contributed by atoms with Crippen LogP contribution >= 0.6 is 12.2 Å². The molecule has 2 heterocycles. The zero-order chi connectivity index (χ0) is 14.6. The Hall–Kier alpha value is -1.20. The Kier molecular flexibility index (Phi) is 4.94. The fourth-order valence-corrected chi connectivity index (χ4v) is 2.40. The van der Waals surface area contributed by atoms with Gasteiger partial charge in [-0.15, -0.1) is 0 Å². The molecule has 2 rings (SSSR count). The molecule has 0 atom stereocenters. The number of hydrogen-bond donors (Lipinski definition) is 1. The van der Waals surface area contributed by atoms with E-state index in [0.29, 0.717) is 4.99 Å². The first kappa shape index (κ1) is 15.2. The van der Waals surface area contributed by atoms with Gasteiger partial charge >= 0.3 is 0 Å². The minimum absolute atomic E-state index is 0.0482. The molecule has 0 spiro atoms. The van der Waals surface area contributed by atoms with Crippen LogP contribution < -0.4 is 10.6 Å². The van der Waals surface area contributed by atoms with Crippen LogP contribution in [0.4, 0.5) is 5.82 Å². The molecule has 0 radical (unpaired) electrons. The fraction of sp³-hybridized carbons (Fsp3) is 0.600. The number of pyridine rings is 1. The molecule has 0 aromatic carbocycles. The Morgan fingerprint density at radius 2 is 2.00 bits per heavy atom. The summed E-state index contributed by atoms with van der Waals surface area (Å²) in [6, 6.07) is 6.07. The Labute approximate surface area is 127 Å². The van der Waals surface area contributed by atoms with Crippen molar-refractivity contribution in [2.45, 2.75) is 20.3 Å². The molecule has 1 fully saturated rings. The molecule has 1 aromatic rings. The lowest BCUT2D eigenvalue weighted by molar-refractivity contribution is 0.233. The number of hydrogen-bond acceptors (Lipinski definition) is 4. The molecule has 1 saturated heterocycles. The molecule has 20 heavy (non-hydrogen) atoms. The van der Waals surface area contributed by atoms with Gasteiger partial charge in [0.1, 0.15) is 5.82 Å². The molecule has 1 aromatic heterocycles. The van der Waals surface area contributed by atoms with Crippen LogP contribution in [0, 0.1) is 5.41 Å². The SMILES string of the molecule is CC(C)(CCN1CCN(c2ccccn2)CC1)C(N)=S. The van der Waals surface area contributed by atoms with Crippen LogP contribution in [0.1, 0.15) is 20.3 Å². The summed E-state index contributed by atoms with van der Waals surface area (Å²) in [7, 11) is 0. The third-order valence-electron chi connectivity index (χ3n) is 4.07. The van der Waals surface area contributed by atoms with Crippen LogP contribution in [0.15, 0.2) is 24.4 Å². The zero-order valence-electron chi connectivity index (χ0n) is 12.4. The standard InChI is InChI=1S/C15H24N4S/c1-15(2,14(16)20)6-8-18-9-11-19(12-10-18)13-5-3-4-7-17-13/h3-5,7H,6,8-12H2,1-2H3,(H2,16,20). The van der Waals surface area contributed by atoms with Gasteiger partial charge < -0.3 is 10.6 Å². The van der Waals surface area contributed by atoms with Crippen molar-refractivity contribution < 1.29 is 0 Å². The highest BCUT2D eigenvalue weighted by molar-refractivity contribution is 7.80. The van der Waals surface area contributed by atoms with E-state index in [2.05, 4.69) is 34.7 Å². The van der Waals surface area contributed by atoms with E-state index in [4.69, 9.17) is 18.0 Å². The molecule has 1 aliphatic heterocycles. The largest absolute Gasteiger partial charge is 0.393 e. The third kappa shape index (κ3) is 3.90. The van der Waals surface area contributed by atoms with E-state index in [1.54, 1.807) is 0 Å². The van der Waals surface area contributed by atoms with E-state index in [-0.39, 0.29) is 5.41 Å². The summed E-state index contributed by atoms with van der Waals surface area (Å²) in [5.74, 6) is 1.08.